The van der Waals surface area contributed by atoms with Gasteiger partial charge < -0.3 is 18.8 Å². The quantitative estimate of drug-likeness (QED) is 0.840. The van der Waals surface area contributed by atoms with Gasteiger partial charge in [-0.1, -0.05) is 0 Å². The Labute approximate surface area is 143 Å². The number of ether oxygens (including phenoxy) is 2. The molecule has 2 aromatic rings. The lowest BCUT2D eigenvalue weighted by Gasteiger charge is -2.22. The van der Waals surface area contributed by atoms with Crippen LogP contribution in [0.1, 0.15) is 34.0 Å². The number of likely N-dealkylation sites (tertiary alicyclic amines) is 1. The molecule has 0 aliphatic carbocycles. The van der Waals surface area contributed by atoms with Crippen molar-refractivity contribution >= 4 is 17.2 Å². The Morgan fingerprint density at radius 2 is 2.50 bits per heavy atom. The largest absolute Gasteiger partial charge is 0.451 e. The minimum absolute atomic E-state index is 0.0501. The molecule has 2 atom stereocenters. The van der Waals surface area contributed by atoms with Gasteiger partial charge in [0.15, 0.2) is 12.1 Å². The van der Waals surface area contributed by atoms with Crippen molar-refractivity contribution < 1.29 is 18.7 Å². The van der Waals surface area contributed by atoms with Crippen LogP contribution in [0.5, 0.6) is 0 Å². The first-order valence-corrected chi connectivity index (χ1v) is 8.86. The van der Waals surface area contributed by atoms with Crippen LogP contribution in [0, 0.1) is 6.92 Å². The van der Waals surface area contributed by atoms with E-state index in [1.54, 1.807) is 16.2 Å². The summed E-state index contributed by atoms with van der Waals surface area (Å²) in [5, 5.41) is 3.07. The van der Waals surface area contributed by atoms with Crippen molar-refractivity contribution in [1.29, 1.82) is 0 Å². The van der Waals surface area contributed by atoms with Gasteiger partial charge in [0.2, 0.25) is 0 Å². The molecule has 128 valence electrons. The zero-order valence-electron chi connectivity index (χ0n) is 13.4. The summed E-state index contributed by atoms with van der Waals surface area (Å²) >= 11 is 1.63. The van der Waals surface area contributed by atoms with Crippen molar-refractivity contribution in [2.45, 2.75) is 38.1 Å². The van der Waals surface area contributed by atoms with E-state index in [9.17, 15) is 4.79 Å². The molecule has 4 rings (SSSR count). The summed E-state index contributed by atoms with van der Waals surface area (Å²) in [5.74, 6) is -0.105. The molecular weight excluding hydrogens is 330 g/mol. The molecule has 24 heavy (non-hydrogen) atoms. The summed E-state index contributed by atoms with van der Waals surface area (Å²) in [6.07, 6.45) is 4.33. The summed E-state index contributed by atoms with van der Waals surface area (Å²) in [6, 6.07) is 0. The van der Waals surface area contributed by atoms with Gasteiger partial charge >= 0.3 is 0 Å². The highest BCUT2D eigenvalue weighted by molar-refractivity contribution is 7.09. The molecule has 2 aliphatic rings. The van der Waals surface area contributed by atoms with Gasteiger partial charge in [0.25, 0.3) is 5.91 Å². The second-order valence-corrected chi connectivity index (χ2v) is 7.40. The van der Waals surface area contributed by atoms with Gasteiger partial charge in [0.05, 0.1) is 42.2 Å². The standard InChI is InChI=1S/C16H19N3O4S/c1-11-18-12(8-24-11)5-22-13-4-16(23-6-13)2-3-19(9-16)15(20)14-7-21-10-17-14/h7-8,10,13H,2-6,9H2,1H3/t13-,16+/m1/s1. The van der Waals surface area contributed by atoms with Crippen LogP contribution in [0.4, 0.5) is 0 Å². The lowest BCUT2D eigenvalue weighted by molar-refractivity contribution is -0.0000878. The highest BCUT2D eigenvalue weighted by Crippen LogP contribution is 2.36. The first-order chi connectivity index (χ1) is 11.6. The lowest BCUT2D eigenvalue weighted by atomic mass is 9.98. The third-order valence-corrected chi connectivity index (χ3v) is 5.39. The fraction of sp³-hybridized carbons (Fsp3) is 0.562. The molecule has 0 saturated carbocycles. The Hall–Kier alpha value is -1.77. The molecule has 2 saturated heterocycles. The highest BCUT2D eigenvalue weighted by atomic mass is 32.1. The molecule has 2 aliphatic heterocycles. The third kappa shape index (κ3) is 3.09. The Morgan fingerprint density at radius 1 is 1.58 bits per heavy atom. The molecule has 0 bridgehead atoms. The van der Waals surface area contributed by atoms with Gasteiger partial charge in [-0.2, -0.15) is 0 Å². The van der Waals surface area contributed by atoms with Crippen molar-refractivity contribution in [3.8, 4) is 0 Å². The average Bonchev–Trinajstić information content (AvgIpc) is 3.34. The van der Waals surface area contributed by atoms with Crippen LogP contribution in [0.25, 0.3) is 0 Å². The minimum atomic E-state index is -0.290. The number of hydrogen-bond acceptors (Lipinski definition) is 7. The maximum Gasteiger partial charge on any atom is 0.275 e. The normalized spacial score (nSPS) is 26.5. The molecule has 0 radical (unpaired) electrons. The van der Waals surface area contributed by atoms with E-state index < -0.39 is 0 Å². The topological polar surface area (TPSA) is 77.7 Å². The number of thiazole rings is 1. The van der Waals surface area contributed by atoms with Crippen molar-refractivity contribution in [3.05, 3.63) is 34.4 Å². The smallest absolute Gasteiger partial charge is 0.275 e. The van der Waals surface area contributed by atoms with E-state index in [4.69, 9.17) is 13.9 Å². The van der Waals surface area contributed by atoms with E-state index in [0.29, 0.717) is 32.0 Å². The number of aryl methyl sites for hydroxylation is 1. The van der Waals surface area contributed by atoms with Crippen molar-refractivity contribution in [2.24, 2.45) is 0 Å². The SMILES string of the molecule is Cc1nc(CO[C@H]2CO[C@@]3(CCN(C(=O)c4cocn4)C3)C2)cs1. The summed E-state index contributed by atoms with van der Waals surface area (Å²) in [6.45, 7) is 4.31. The van der Waals surface area contributed by atoms with Gasteiger partial charge in [-0.25, -0.2) is 9.97 Å². The molecule has 4 heterocycles. The fourth-order valence-corrected chi connectivity index (χ4v) is 3.97. The zero-order chi connectivity index (χ0) is 16.6. The minimum Gasteiger partial charge on any atom is -0.451 e. The number of amides is 1. The van der Waals surface area contributed by atoms with Crippen LogP contribution in [-0.4, -0.2) is 52.2 Å². The van der Waals surface area contributed by atoms with Crippen LogP contribution >= 0.6 is 11.3 Å². The first-order valence-electron chi connectivity index (χ1n) is 7.98. The van der Waals surface area contributed by atoms with Crippen molar-refractivity contribution in [3.63, 3.8) is 0 Å². The van der Waals surface area contributed by atoms with Gasteiger partial charge in [0, 0.05) is 18.3 Å². The number of carbonyl (C=O) groups excluding carboxylic acids is 1. The predicted molar refractivity (Wildman–Crippen MR) is 85.8 cm³/mol. The van der Waals surface area contributed by atoms with Crippen LogP contribution in [0.15, 0.2) is 22.5 Å². The van der Waals surface area contributed by atoms with Crippen LogP contribution in [-0.2, 0) is 16.1 Å². The Kier molecular flexibility index (Phi) is 4.11. The van der Waals surface area contributed by atoms with Crippen LogP contribution in [0.3, 0.4) is 0 Å². The number of carbonyl (C=O) groups is 1. The second-order valence-electron chi connectivity index (χ2n) is 6.34. The summed E-state index contributed by atoms with van der Waals surface area (Å²) < 4.78 is 16.9. The Balaban J connectivity index is 1.32. The molecule has 1 spiro atoms. The number of oxazole rings is 1. The van der Waals surface area contributed by atoms with Crippen LogP contribution < -0.4 is 0 Å². The van der Waals surface area contributed by atoms with Gasteiger partial charge in [-0.05, 0) is 13.3 Å². The van der Waals surface area contributed by atoms with Gasteiger partial charge in [-0.3, -0.25) is 4.79 Å². The molecular formula is C16H19N3O4S. The van der Waals surface area contributed by atoms with E-state index in [1.807, 2.05) is 12.3 Å². The molecule has 8 heteroatoms. The summed E-state index contributed by atoms with van der Waals surface area (Å²) in [4.78, 5) is 22.5. The number of aromatic nitrogens is 2. The lowest BCUT2D eigenvalue weighted by Crippen LogP contribution is -2.36. The molecule has 1 amide bonds. The Bertz CT molecular complexity index is 717. The van der Waals surface area contributed by atoms with Gasteiger partial charge in [-0.15, -0.1) is 11.3 Å². The molecule has 7 nitrogen and oxygen atoms in total. The maximum absolute atomic E-state index is 12.4. The van der Waals surface area contributed by atoms with E-state index in [2.05, 4.69) is 9.97 Å². The first kappa shape index (κ1) is 15.7. The molecule has 0 N–H and O–H groups in total. The number of hydrogen-bond donors (Lipinski definition) is 0. The van der Waals surface area contributed by atoms with Crippen molar-refractivity contribution in [2.75, 3.05) is 19.7 Å². The van der Waals surface area contributed by atoms with Crippen molar-refractivity contribution in [1.82, 2.24) is 14.9 Å². The average molecular weight is 349 g/mol. The molecule has 2 aromatic heterocycles. The third-order valence-electron chi connectivity index (χ3n) is 4.56. The van der Waals surface area contributed by atoms with E-state index in [0.717, 1.165) is 23.5 Å². The van der Waals surface area contributed by atoms with Crippen LogP contribution in [0.2, 0.25) is 0 Å². The molecule has 0 aromatic carbocycles. The molecule has 2 fully saturated rings. The van der Waals surface area contributed by atoms with E-state index in [-0.39, 0.29) is 17.6 Å². The summed E-state index contributed by atoms with van der Waals surface area (Å²) in [5.41, 5.74) is 1.02. The monoisotopic (exact) mass is 349 g/mol. The number of nitrogens with zero attached hydrogens (tertiary/aromatic N) is 3. The second kappa shape index (κ2) is 6.27. The van der Waals surface area contributed by atoms with E-state index >= 15 is 0 Å². The zero-order valence-corrected chi connectivity index (χ0v) is 14.3. The Morgan fingerprint density at radius 3 is 3.25 bits per heavy atom. The highest BCUT2D eigenvalue weighted by Gasteiger charge is 2.47. The predicted octanol–water partition coefficient (Wildman–Crippen LogP) is 2.03. The van der Waals surface area contributed by atoms with E-state index in [1.165, 1.54) is 12.7 Å². The number of rotatable bonds is 4. The maximum atomic E-state index is 12.4. The van der Waals surface area contributed by atoms with Gasteiger partial charge in [0.1, 0.15) is 6.26 Å². The molecule has 0 unspecified atom stereocenters. The fourth-order valence-electron chi connectivity index (χ4n) is 3.37. The summed E-state index contributed by atoms with van der Waals surface area (Å²) in [7, 11) is 0.